The highest BCUT2D eigenvalue weighted by Crippen LogP contribution is 2.26. The quantitative estimate of drug-likeness (QED) is 0.595. The summed E-state index contributed by atoms with van der Waals surface area (Å²) in [6, 6.07) is 1.58. The average molecular weight is 436 g/mol. The van der Waals surface area contributed by atoms with Gasteiger partial charge in [-0.05, 0) is 19.1 Å². The van der Waals surface area contributed by atoms with Gasteiger partial charge in [-0.15, -0.1) is 0 Å². The van der Waals surface area contributed by atoms with E-state index in [9.17, 15) is 22.4 Å². The van der Waals surface area contributed by atoms with Gasteiger partial charge in [0, 0.05) is 12.3 Å². The molecule has 3 heterocycles. The fourth-order valence-electron chi connectivity index (χ4n) is 3.09. The lowest BCUT2D eigenvalue weighted by molar-refractivity contribution is 0.177. The van der Waals surface area contributed by atoms with Gasteiger partial charge in [-0.25, -0.2) is 37.2 Å². The van der Waals surface area contributed by atoms with Gasteiger partial charge >= 0.3 is 6.09 Å². The lowest BCUT2D eigenvalue weighted by Gasteiger charge is -2.19. The lowest BCUT2D eigenvalue weighted by Crippen LogP contribution is -2.36. The summed E-state index contributed by atoms with van der Waals surface area (Å²) in [4.78, 5) is 24.7. The average Bonchev–Trinajstić information content (AvgIpc) is 3.36. The minimum atomic E-state index is -0.982. The number of ether oxygens (including phenoxy) is 1. The summed E-state index contributed by atoms with van der Waals surface area (Å²) in [6.07, 6.45) is 2.88. The van der Waals surface area contributed by atoms with Crippen molar-refractivity contribution in [3.63, 3.8) is 0 Å². The van der Waals surface area contributed by atoms with Gasteiger partial charge in [-0.3, -0.25) is 0 Å². The number of amides is 1. The number of benzene rings is 1. The predicted molar refractivity (Wildman–Crippen MR) is 101 cm³/mol. The van der Waals surface area contributed by atoms with Crippen LogP contribution >= 0.6 is 0 Å². The number of nitrogens with one attached hydrogen (secondary N) is 1. The van der Waals surface area contributed by atoms with E-state index in [1.807, 2.05) is 0 Å². The Morgan fingerprint density at radius 3 is 2.68 bits per heavy atom. The van der Waals surface area contributed by atoms with Gasteiger partial charge in [0.25, 0.3) is 0 Å². The Kier molecular flexibility index (Phi) is 5.44. The molecule has 0 radical (unpaired) electrons. The molecule has 1 fully saturated rings. The number of nitrogens with zero attached hydrogens (tertiary/aromatic N) is 5. The topological polar surface area (TPSA) is 85.2 Å². The van der Waals surface area contributed by atoms with E-state index in [0.29, 0.717) is 5.69 Å². The van der Waals surface area contributed by atoms with Gasteiger partial charge < -0.3 is 14.6 Å². The zero-order valence-electron chi connectivity index (χ0n) is 16.1. The van der Waals surface area contributed by atoms with Crippen LogP contribution in [0.1, 0.15) is 18.7 Å². The first-order valence-corrected chi connectivity index (χ1v) is 9.17. The van der Waals surface area contributed by atoms with Crippen LogP contribution in [0, 0.1) is 17.5 Å². The molecule has 8 nitrogen and oxygen atoms in total. The second-order valence-corrected chi connectivity index (χ2v) is 6.82. The molecule has 1 saturated heterocycles. The van der Waals surface area contributed by atoms with Crippen LogP contribution in [0.5, 0.6) is 0 Å². The Morgan fingerprint density at radius 1 is 1.23 bits per heavy atom. The summed E-state index contributed by atoms with van der Waals surface area (Å²) in [5.41, 5.74) is 0.718. The maximum atomic E-state index is 14.2. The molecule has 0 saturated carbocycles. The highest BCUT2D eigenvalue weighted by atomic mass is 19.1. The first kappa shape index (κ1) is 20.6. The number of cyclic esters (lactones) is 1. The third kappa shape index (κ3) is 4.13. The van der Waals surface area contributed by atoms with E-state index in [0.717, 1.165) is 29.3 Å². The molecule has 31 heavy (non-hydrogen) atoms. The monoisotopic (exact) mass is 436 g/mol. The van der Waals surface area contributed by atoms with E-state index in [1.54, 1.807) is 13.1 Å². The summed E-state index contributed by atoms with van der Waals surface area (Å²) < 4.78 is 60.5. The summed E-state index contributed by atoms with van der Waals surface area (Å²) in [5.74, 6) is -2.80. The number of hydrogen-bond donors (Lipinski definition) is 1. The molecule has 0 aliphatic carbocycles. The van der Waals surface area contributed by atoms with Crippen molar-refractivity contribution in [2.45, 2.75) is 19.0 Å². The molecule has 1 aliphatic rings. The number of halogens is 4. The van der Waals surface area contributed by atoms with Crippen molar-refractivity contribution in [1.82, 2.24) is 19.5 Å². The predicted octanol–water partition coefficient (Wildman–Crippen LogP) is 3.55. The second-order valence-electron chi connectivity index (χ2n) is 6.82. The number of anilines is 2. The van der Waals surface area contributed by atoms with Gasteiger partial charge in [0.2, 0.25) is 5.95 Å². The van der Waals surface area contributed by atoms with E-state index >= 15 is 0 Å². The number of imidazole rings is 1. The van der Waals surface area contributed by atoms with Crippen molar-refractivity contribution in [3.8, 4) is 5.69 Å². The normalized spacial score (nSPS) is 17.0. The molecular weight excluding hydrogens is 420 g/mol. The van der Waals surface area contributed by atoms with Crippen molar-refractivity contribution >= 4 is 17.9 Å². The van der Waals surface area contributed by atoms with Crippen molar-refractivity contribution < 1.29 is 27.1 Å². The van der Waals surface area contributed by atoms with Crippen molar-refractivity contribution in [2.75, 3.05) is 23.5 Å². The second kappa shape index (κ2) is 8.20. The highest BCUT2D eigenvalue weighted by Gasteiger charge is 2.37. The molecule has 2 atom stereocenters. The molecule has 0 spiro atoms. The number of aromatic nitrogens is 4. The first-order valence-electron chi connectivity index (χ1n) is 9.17. The Hall–Kier alpha value is -3.70. The first-order chi connectivity index (χ1) is 14.9. The maximum absolute atomic E-state index is 14.2. The number of hydrogen-bond acceptors (Lipinski definition) is 6. The van der Waals surface area contributed by atoms with Crippen LogP contribution in [0.2, 0.25) is 0 Å². The van der Waals surface area contributed by atoms with Gasteiger partial charge in [-0.2, -0.15) is 4.98 Å². The van der Waals surface area contributed by atoms with Gasteiger partial charge in [0.15, 0.2) is 11.6 Å². The number of alkyl halides is 1. The third-order valence-corrected chi connectivity index (χ3v) is 4.63. The standard InChI is InChI=1S/C19H16F4N6O2/c1-10(16-7-28(9-25-16)13-3-11(21)2-12(22)4-13)26-18-24-6-15(23)17(27-18)29-14(5-20)8-31-19(29)30/h2-4,6-7,9-10,14H,5,8H2,1H3,(H,24,26,27)/t10-,14-/m0/s1. The molecule has 1 amide bonds. The number of carbonyl (C=O) groups excluding carboxylic acids is 1. The molecule has 162 valence electrons. The SMILES string of the molecule is C[C@H](Nc1ncc(F)c(N2C(=O)OC[C@@H]2CF)n1)c1cn(-c2cc(F)cc(F)c2)cn1. The Morgan fingerprint density at radius 2 is 1.97 bits per heavy atom. The zero-order valence-corrected chi connectivity index (χ0v) is 16.1. The van der Waals surface area contributed by atoms with Gasteiger partial charge in [0.1, 0.15) is 31.0 Å². The molecule has 3 aromatic rings. The maximum Gasteiger partial charge on any atom is 0.416 e. The number of rotatable bonds is 6. The molecule has 0 bridgehead atoms. The van der Waals surface area contributed by atoms with E-state index in [2.05, 4.69) is 20.3 Å². The van der Waals surface area contributed by atoms with Gasteiger partial charge in [-0.1, -0.05) is 0 Å². The van der Waals surface area contributed by atoms with Crippen LogP contribution in [-0.2, 0) is 4.74 Å². The van der Waals surface area contributed by atoms with Crippen molar-refractivity contribution in [1.29, 1.82) is 0 Å². The summed E-state index contributed by atoms with van der Waals surface area (Å²) >= 11 is 0. The van der Waals surface area contributed by atoms with E-state index in [4.69, 9.17) is 4.74 Å². The summed E-state index contributed by atoms with van der Waals surface area (Å²) in [6.45, 7) is 0.572. The fourth-order valence-corrected chi connectivity index (χ4v) is 3.09. The minimum Gasteiger partial charge on any atom is -0.447 e. The smallest absolute Gasteiger partial charge is 0.416 e. The molecule has 1 aliphatic heterocycles. The molecule has 12 heteroatoms. The molecule has 1 aromatic carbocycles. The lowest BCUT2D eigenvalue weighted by atomic mass is 10.2. The highest BCUT2D eigenvalue weighted by molar-refractivity contribution is 5.89. The van der Waals surface area contributed by atoms with Crippen LogP contribution in [-0.4, -0.2) is 44.9 Å². The Bertz CT molecular complexity index is 1100. The van der Waals surface area contributed by atoms with Crippen LogP contribution in [0.15, 0.2) is 36.9 Å². The fraction of sp³-hybridized carbons (Fsp3) is 0.263. The van der Waals surface area contributed by atoms with E-state index < -0.39 is 48.1 Å². The van der Waals surface area contributed by atoms with Gasteiger partial charge in [0.05, 0.1) is 29.9 Å². The van der Waals surface area contributed by atoms with Crippen LogP contribution in [0.25, 0.3) is 5.69 Å². The van der Waals surface area contributed by atoms with E-state index in [-0.39, 0.29) is 18.2 Å². The Balaban J connectivity index is 1.55. The van der Waals surface area contributed by atoms with Crippen molar-refractivity contribution in [2.24, 2.45) is 0 Å². The van der Waals surface area contributed by atoms with Crippen molar-refractivity contribution in [3.05, 3.63) is 60.1 Å². The van der Waals surface area contributed by atoms with Crippen LogP contribution in [0.3, 0.4) is 0 Å². The molecule has 0 unspecified atom stereocenters. The summed E-state index contributed by atoms with van der Waals surface area (Å²) in [5, 5.41) is 2.90. The van der Waals surface area contributed by atoms with Crippen LogP contribution < -0.4 is 10.2 Å². The van der Waals surface area contributed by atoms with Crippen LogP contribution in [0.4, 0.5) is 34.1 Å². The van der Waals surface area contributed by atoms with E-state index in [1.165, 1.54) is 10.9 Å². The minimum absolute atomic E-state index is 0.0347. The molecule has 2 aromatic heterocycles. The molecular formula is C19H16F4N6O2. The zero-order chi connectivity index (χ0) is 22.1. The molecule has 1 N–H and O–H groups in total. The Labute approximate surface area is 173 Å². The largest absolute Gasteiger partial charge is 0.447 e. The molecule has 4 rings (SSSR count). The third-order valence-electron chi connectivity index (χ3n) is 4.63. The number of carbonyl (C=O) groups is 1. The summed E-state index contributed by atoms with van der Waals surface area (Å²) in [7, 11) is 0.